The van der Waals surface area contributed by atoms with Crippen molar-refractivity contribution in [1.29, 1.82) is 0 Å². The number of thioether (sulfide) groups is 1. The summed E-state index contributed by atoms with van der Waals surface area (Å²) in [4.78, 5) is 14.1. The Morgan fingerprint density at radius 3 is 2.61 bits per heavy atom. The van der Waals surface area contributed by atoms with Gasteiger partial charge in [-0.1, -0.05) is 24.3 Å². The molecular formula is C19H16F3NO4S. The molecule has 2 aliphatic heterocycles. The number of benzene rings is 2. The Bertz CT molecular complexity index is 872. The molecule has 0 saturated carbocycles. The van der Waals surface area contributed by atoms with E-state index >= 15 is 0 Å². The summed E-state index contributed by atoms with van der Waals surface area (Å²) >= 11 is 1.48. The maximum absolute atomic E-state index is 12.4. The summed E-state index contributed by atoms with van der Waals surface area (Å²) in [6.07, 6.45) is -4.73. The van der Waals surface area contributed by atoms with E-state index in [2.05, 4.69) is 4.74 Å². The van der Waals surface area contributed by atoms with Crippen molar-refractivity contribution in [2.75, 3.05) is 19.0 Å². The lowest BCUT2D eigenvalue weighted by atomic mass is 10.1. The molecule has 2 aromatic carbocycles. The molecule has 0 aliphatic carbocycles. The molecular weight excluding hydrogens is 395 g/mol. The minimum atomic E-state index is -4.73. The monoisotopic (exact) mass is 411 g/mol. The predicted molar refractivity (Wildman–Crippen MR) is 96.3 cm³/mol. The van der Waals surface area contributed by atoms with E-state index in [4.69, 9.17) is 9.47 Å². The fourth-order valence-corrected chi connectivity index (χ4v) is 4.37. The van der Waals surface area contributed by atoms with Gasteiger partial charge < -0.3 is 19.1 Å². The predicted octanol–water partition coefficient (Wildman–Crippen LogP) is 4.13. The molecule has 2 aromatic rings. The van der Waals surface area contributed by atoms with Crippen molar-refractivity contribution in [3.8, 4) is 17.2 Å². The Hall–Kier alpha value is -2.55. The molecule has 2 heterocycles. The topological polar surface area (TPSA) is 48.0 Å². The van der Waals surface area contributed by atoms with Gasteiger partial charge in [0, 0.05) is 12.1 Å². The van der Waals surface area contributed by atoms with Crippen LogP contribution in [0, 0.1) is 0 Å². The van der Waals surface area contributed by atoms with Gasteiger partial charge in [-0.25, -0.2) is 0 Å². The summed E-state index contributed by atoms with van der Waals surface area (Å²) in [6.45, 7) is 1.19. The molecule has 0 radical (unpaired) electrons. The van der Waals surface area contributed by atoms with E-state index in [1.165, 1.54) is 36.0 Å². The van der Waals surface area contributed by atoms with E-state index in [-0.39, 0.29) is 23.6 Å². The molecule has 0 bridgehead atoms. The zero-order valence-corrected chi connectivity index (χ0v) is 15.4. The van der Waals surface area contributed by atoms with E-state index in [0.717, 1.165) is 5.56 Å². The van der Waals surface area contributed by atoms with Gasteiger partial charge in [-0.3, -0.25) is 4.79 Å². The number of fused-ring (bicyclic) bond motifs is 1. The SMILES string of the molecule is O=C1CSC(c2cccc3c2OCCO3)N1Cc1ccc(OC(F)(F)F)cc1. The highest BCUT2D eigenvalue weighted by Crippen LogP contribution is 2.46. The molecule has 1 fully saturated rings. The van der Waals surface area contributed by atoms with Gasteiger partial charge >= 0.3 is 6.36 Å². The van der Waals surface area contributed by atoms with Gasteiger partial charge in [-0.15, -0.1) is 24.9 Å². The van der Waals surface area contributed by atoms with Crippen LogP contribution < -0.4 is 14.2 Å². The third-order valence-corrected chi connectivity index (χ3v) is 5.58. The third kappa shape index (κ3) is 3.99. The average molecular weight is 411 g/mol. The summed E-state index contributed by atoms with van der Waals surface area (Å²) < 4.78 is 52.2. The average Bonchev–Trinajstić information content (AvgIpc) is 3.02. The molecule has 1 saturated heterocycles. The van der Waals surface area contributed by atoms with Crippen molar-refractivity contribution < 1.29 is 32.2 Å². The van der Waals surface area contributed by atoms with Crippen LogP contribution in [-0.2, 0) is 11.3 Å². The van der Waals surface area contributed by atoms with Crippen LogP contribution in [0.3, 0.4) is 0 Å². The maximum Gasteiger partial charge on any atom is 0.573 e. The quantitative estimate of drug-likeness (QED) is 0.757. The Kier molecular flexibility index (Phi) is 5.01. The summed E-state index contributed by atoms with van der Waals surface area (Å²) in [5.41, 5.74) is 1.56. The molecule has 1 unspecified atom stereocenters. The smallest absolute Gasteiger partial charge is 0.486 e. The van der Waals surface area contributed by atoms with Crippen molar-refractivity contribution >= 4 is 17.7 Å². The number of hydrogen-bond acceptors (Lipinski definition) is 5. The molecule has 9 heteroatoms. The van der Waals surface area contributed by atoms with Crippen LogP contribution in [0.2, 0.25) is 0 Å². The van der Waals surface area contributed by atoms with Crippen molar-refractivity contribution in [2.24, 2.45) is 0 Å². The number of halogens is 3. The van der Waals surface area contributed by atoms with E-state index in [0.29, 0.717) is 36.0 Å². The fraction of sp³-hybridized carbons (Fsp3) is 0.316. The van der Waals surface area contributed by atoms with Gasteiger partial charge in [0.2, 0.25) is 5.91 Å². The Balaban J connectivity index is 1.55. The van der Waals surface area contributed by atoms with Gasteiger partial charge in [0.15, 0.2) is 11.5 Å². The molecule has 1 amide bonds. The first-order valence-electron chi connectivity index (χ1n) is 8.55. The van der Waals surface area contributed by atoms with Crippen LogP contribution in [0.25, 0.3) is 0 Å². The van der Waals surface area contributed by atoms with Crippen molar-refractivity contribution in [2.45, 2.75) is 18.3 Å². The van der Waals surface area contributed by atoms with E-state index in [1.807, 2.05) is 18.2 Å². The van der Waals surface area contributed by atoms with E-state index in [9.17, 15) is 18.0 Å². The number of nitrogens with zero attached hydrogens (tertiary/aromatic N) is 1. The standard InChI is InChI=1S/C19H16F3NO4S/c20-19(21,22)27-13-6-4-12(5-7-13)10-23-16(24)11-28-18(23)14-2-1-3-15-17(14)26-9-8-25-15/h1-7,18H,8-11H2. The second kappa shape index (κ2) is 7.46. The lowest BCUT2D eigenvalue weighted by Gasteiger charge is -2.28. The van der Waals surface area contributed by atoms with E-state index < -0.39 is 6.36 Å². The third-order valence-electron chi connectivity index (χ3n) is 4.34. The molecule has 4 rings (SSSR count). The number of amides is 1. The first-order valence-corrected chi connectivity index (χ1v) is 9.60. The summed E-state index contributed by atoms with van der Waals surface area (Å²) in [7, 11) is 0. The number of carbonyl (C=O) groups excluding carboxylic acids is 1. The first kappa shape index (κ1) is 18.8. The van der Waals surface area contributed by atoms with Gasteiger partial charge in [-0.2, -0.15) is 0 Å². The number of ether oxygens (including phenoxy) is 3. The summed E-state index contributed by atoms with van der Waals surface area (Å²) in [5, 5.41) is -0.254. The summed E-state index contributed by atoms with van der Waals surface area (Å²) in [5.74, 6) is 1.28. The Labute approximate surface area is 163 Å². The minimum absolute atomic E-state index is 0.0417. The largest absolute Gasteiger partial charge is 0.573 e. The first-order chi connectivity index (χ1) is 13.4. The number of alkyl halides is 3. The number of carbonyl (C=O) groups is 1. The Morgan fingerprint density at radius 2 is 1.86 bits per heavy atom. The zero-order chi connectivity index (χ0) is 19.7. The zero-order valence-electron chi connectivity index (χ0n) is 14.6. The van der Waals surface area contributed by atoms with Crippen LogP contribution in [-0.4, -0.2) is 36.1 Å². The number of hydrogen-bond donors (Lipinski definition) is 0. The van der Waals surface area contributed by atoms with Crippen LogP contribution in [0.4, 0.5) is 13.2 Å². The van der Waals surface area contributed by atoms with Crippen LogP contribution in [0.1, 0.15) is 16.5 Å². The number of rotatable bonds is 4. The molecule has 0 aromatic heterocycles. The highest BCUT2D eigenvalue weighted by Gasteiger charge is 2.36. The molecule has 1 atom stereocenters. The highest BCUT2D eigenvalue weighted by atomic mass is 32.2. The van der Waals surface area contributed by atoms with Crippen molar-refractivity contribution in [3.05, 3.63) is 53.6 Å². The molecule has 148 valence electrons. The minimum Gasteiger partial charge on any atom is -0.486 e. The molecule has 5 nitrogen and oxygen atoms in total. The number of para-hydroxylation sites is 1. The van der Waals surface area contributed by atoms with Gasteiger partial charge in [0.25, 0.3) is 0 Å². The highest BCUT2D eigenvalue weighted by molar-refractivity contribution is 8.00. The van der Waals surface area contributed by atoms with Crippen molar-refractivity contribution in [1.82, 2.24) is 4.90 Å². The lowest BCUT2D eigenvalue weighted by molar-refractivity contribution is -0.274. The Morgan fingerprint density at radius 1 is 1.11 bits per heavy atom. The van der Waals surface area contributed by atoms with Gasteiger partial charge in [0.05, 0.1) is 5.75 Å². The second-order valence-corrected chi connectivity index (χ2v) is 7.32. The van der Waals surface area contributed by atoms with Crippen LogP contribution >= 0.6 is 11.8 Å². The second-order valence-electron chi connectivity index (χ2n) is 6.25. The van der Waals surface area contributed by atoms with Gasteiger partial charge in [-0.05, 0) is 23.8 Å². The summed E-state index contributed by atoms with van der Waals surface area (Å²) in [6, 6.07) is 11.1. The van der Waals surface area contributed by atoms with Crippen LogP contribution in [0.15, 0.2) is 42.5 Å². The van der Waals surface area contributed by atoms with Crippen LogP contribution in [0.5, 0.6) is 17.2 Å². The van der Waals surface area contributed by atoms with E-state index in [1.54, 1.807) is 4.90 Å². The normalized spacial score (nSPS) is 19.0. The fourth-order valence-electron chi connectivity index (χ4n) is 3.17. The molecule has 0 N–H and O–H groups in total. The van der Waals surface area contributed by atoms with Gasteiger partial charge in [0.1, 0.15) is 24.3 Å². The molecule has 2 aliphatic rings. The lowest BCUT2D eigenvalue weighted by Crippen LogP contribution is -2.28. The molecule has 0 spiro atoms. The van der Waals surface area contributed by atoms with Crippen molar-refractivity contribution in [3.63, 3.8) is 0 Å². The maximum atomic E-state index is 12.4. The molecule has 28 heavy (non-hydrogen) atoms.